The van der Waals surface area contributed by atoms with Crippen molar-refractivity contribution in [3.05, 3.63) is 65.7 Å². The van der Waals surface area contributed by atoms with Crippen molar-refractivity contribution in [3.8, 4) is 0 Å². The normalized spacial score (nSPS) is 23.5. The molecule has 0 bridgehead atoms. The van der Waals surface area contributed by atoms with E-state index in [1.54, 1.807) is 29.4 Å². The van der Waals surface area contributed by atoms with Crippen molar-refractivity contribution in [2.45, 2.75) is 18.7 Å². The SMILES string of the molecule is O=C(c1cccc(F)c1)N1CC2OCCN(Cc3ccncc3)C2C1. The molecule has 2 saturated heterocycles. The van der Waals surface area contributed by atoms with Gasteiger partial charge in [-0.2, -0.15) is 0 Å². The number of carbonyl (C=O) groups is 1. The van der Waals surface area contributed by atoms with E-state index in [0.717, 1.165) is 13.1 Å². The van der Waals surface area contributed by atoms with Gasteiger partial charge in [-0.15, -0.1) is 0 Å². The van der Waals surface area contributed by atoms with E-state index in [2.05, 4.69) is 9.88 Å². The predicted molar refractivity (Wildman–Crippen MR) is 90.5 cm³/mol. The highest BCUT2D eigenvalue weighted by atomic mass is 19.1. The zero-order valence-electron chi connectivity index (χ0n) is 13.8. The molecule has 0 N–H and O–H groups in total. The van der Waals surface area contributed by atoms with Crippen LogP contribution in [0.3, 0.4) is 0 Å². The number of fused-ring (bicyclic) bond motifs is 1. The van der Waals surface area contributed by atoms with Gasteiger partial charge in [0.15, 0.2) is 0 Å². The third-order valence-corrected chi connectivity index (χ3v) is 4.91. The summed E-state index contributed by atoms with van der Waals surface area (Å²) in [6.45, 7) is 3.47. The van der Waals surface area contributed by atoms with E-state index in [9.17, 15) is 9.18 Å². The quantitative estimate of drug-likeness (QED) is 0.856. The Balaban J connectivity index is 1.48. The highest BCUT2D eigenvalue weighted by Crippen LogP contribution is 2.25. The fraction of sp³-hybridized carbons (Fsp3) is 0.368. The average molecular weight is 341 g/mol. The fourth-order valence-electron chi connectivity index (χ4n) is 3.65. The zero-order valence-corrected chi connectivity index (χ0v) is 13.8. The molecule has 4 rings (SSSR count). The van der Waals surface area contributed by atoms with Gasteiger partial charge in [-0.05, 0) is 35.9 Å². The van der Waals surface area contributed by atoms with Crippen LogP contribution in [0, 0.1) is 5.82 Å². The molecule has 0 aliphatic carbocycles. The van der Waals surface area contributed by atoms with E-state index < -0.39 is 5.82 Å². The van der Waals surface area contributed by atoms with E-state index in [0.29, 0.717) is 25.3 Å². The first-order valence-corrected chi connectivity index (χ1v) is 8.50. The second-order valence-corrected chi connectivity index (χ2v) is 6.52. The summed E-state index contributed by atoms with van der Waals surface area (Å²) in [6, 6.07) is 10.0. The molecule has 1 aromatic carbocycles. The van der Waals surface area contributed by atoms with Gasteiger partial charge in [0.25, 0.3) is 5.91 Å². The zero-order chi connectivity index (χ0) is 17.2. The first-order chi connectivity index (χ1) is 12.2. The minimum absolute atomic E-state index is 0.00750. The minimum atomic E-state index is -0.391. The van der Waals surface area contributed by atoms with E-state index in [1.807, 2.05) is 12.1 Å². The Morgan fingerprint density at radius 1 is 1.24 bits per heavy atom. The number of amides is 1. The van der Waals surface area contributed by atoms with Crippen molar-refractivity contribution in [2.24, 2.45) is 0 Å². The number of rotatable bonds is 3. The highest BCUT2D eigenvalue weighted by molar-refractivity contribution is 5.94. The van der Waals surface area contributed by atoms with Crippen LogP contribution in [0.25, 0.3) is 0 Å². The average Bonchev–Trinajstić information content (AvgIpc) is 3.07. The minimum Gasteiger partial charge on any atom is -0.373 e. The fourth-order valence-corrected chi connectivity index (χ4v) is 3.65. The summed E-state index contributed by atoms with van der Waals surface area (Å²) in [7, 11) is 0. The lowest BCUT2D eigenvalue weighted by Gasteiger charge is -2.36. The molecule has 2 atom stereocenters. The van der Waals surface area contributed by atoms with Crippen molar-refractivity contribution >= 4 is 5.91 Å². The largest absolute Gasteiger partial charge is 0.373 e. The standard InChI is InChI=1S/C19H20FN3O2/c20-16-3-1-2-15(10-16)19(24)23-12-17-18(13-23)25-9-8-22(17)11-14-4-6-21-7-5-14/h1-7,10,17-18H,8-9,11-13H2. The van der Waals surface area contributed by atoms with Gasteiger partial charge in [0.05, 0.1) is 18.8 Å². The molecule has 25 heavy (non-hydrogen) atoms. The molecule has 2 unspecified atom stereocenters. The molecule has 2 aliphatic rings. The number of pyridine rings is 1. The van der Waals surface area contributed by atoms with Crippen LogP contribution < -0.4 is 0 Å². The molecule has 2 fully saturated rings. The number of nitrogens with zero attached hydrogens (tertiary/aromatic N) is 3. The summed E-state index contributed by atoms with van der Waals surface area (Å²) >= 11 is 0. The van der Waals surface area contributed by atoms with E-state index in [1.165, 1.54) is 17.7 Å². The number of ether oxygens (including phenoxy) is 1. The van der Waals surface area contributed by atoms with Gasteiger partial charge in [0.1, 0.15) is 5.82 Å². The Hall–Kier alpha value is -2.31. The maximum Gasteiger partial charge on any atom is 0.254 e. The highest BCUT2D eigenvalue weighted by Gasteiger charge is 2.41. The molecular formula is C19H20FN3O2. The van der Waals surface area contributed by atoms with Crippen LogP contribution in [0.4, 0.5) is 4.39 Å². The number of likely N-dealkylation sites (tertiary alicyclic amines) is 1. The number of carbonyl (C=O) groups excluding carboxylic acids is 1. The van der Waals surface area contributed by atoms with Crippen LogP contribution in [0.2, 0.25) is 0 Å². The molecule has 0 saturated carbocycles. The summed E-state index contributed by atoms with van der Waals surface area (Å²) in [5, 5.41) is 0. The van der Waals surface area contributed by atoms with Crippen molar-refractivity contribution < 1.29 is 13.9 Å². The summed E-state index contributed by atoms with van der Waals surface area (Å²) in [5.74, 6) is -0.528. The Kier molecular flexibility index (Phi) is 4.46. The Labute approximate surface area is 146 Å². The first-order valence-electron chi connectivity index (χ1n) is 8.50. The predicted octanol–water partition coefficient (Wildman–Crippen LogP) is 1.95. The molecule has 1 aromatic heterocycles. The lowest BCUT2D eigenvalue weighted by atomic mass is 10.1. The van der Waals surface area contributed by atoms with Crippen molar-refractivity contribution in [2.75, 3.05) is 26.2 Å². The Morgan fingerprint density at radius 2 is 2.08 bits per heavy atom. The van der Waals surface area contributed by atoms with Gasteiger partial charge in [0, 0.05) is 44.1 Å². The third-order valence-electron chi connectivity index (χ3n) is 4.91. The van der Waals surface area contributed by atoms with Gasteiger partial charge in [-0.3, -0.25) is 14.7 Å². The smallest absolute Gasteiger partial charge is 0.254 e. The van der Waals surface area contributed by atoms with Crippen LogP contribution in [0.5, 0.6) is 0 Å². The number of hydrogen-bond acceptors (Lipinski definition) is 4. The molecule has 2 aromatic rings. The summed E-state index contributed by atoms with van der Waals surface area (Å²) in [5.41, 5.74) is 1.59. The van der Waals surface area contributed by atoms with Crippen molar-refractivity contribution in [3.63, 3.8) is 0 Å². The van der Waals surface area contributed by atoms with Gasteiger partial charge >= 0.3 is 0 Å². The summed E-state index contributed by atoms with van der Waals surface area (Å²) in [4.78, 5) is 20.9. The van der Waals surface area contributed by atoms with Crippen molar-refractivity contribution in [1.29, 1.82) is 0 Å². The molecular weight excluding hydrogens is 321 g/mol. The molecule has 0 spiro atoms. The summed E-state index contributed by atoms with van der Waals surface area (Å²) in [6.07, 6.45) is 3.59. The van der Waals surface area contributed by atoms with Crippen molar-refractivity contribution in [1.82, 2.24) is 14.8 Å². The molecule has 5 nitrogen and oxygen atoms in total. The van der Waals surface area contributed by atoms with E-state index in [-0.39, 0.29) is 18.1 Å². The van der Waals surface area contributed by atoms with Gasteiger partial charge in [-0.25, -0.2) is 4.39 Å². The lowest BCUT2D eigenvalue weighted by molar-refractivity contribution is -0.0503. The third kappa shape index (κ3) is 3.41. The molecule has 130 valence electrons. The Morgan fingerprint density at radius 3 is 2.88 bits per heavy atom. The summed E-state index contributed by atoms with van der Waals surface area (Å²) < 4.78 is 19.3. The van der Waals surface area contributed by atoms with E-state index in [4.69, 9.17) is 4.74 Å². The second kappa shape index (κ2) is 6.90. The van der Waals surface area contributed by atoms with Crippen LogP contribution in [0.1, 0.15) is 15.9 Å². The number of benzene rings is 1. The second-order valence-electron chi connectivity index (χ2n) is 6.52. The molecule has 0 radical (unpaired) electrons. The van der Waals surface area contributed by atoms with Gasteiger partial charge in [-0.1, -0.05) is 6.07 Å². The molecule has 6 heteroatoms. The maximum absolute atomic E-state index is 13.4. The number of halogens is 1. The molecule has 3 heterocycles. The van der Waals surface area contributed by atoms with Crippen LogP contribution in [-0.4, -0.2) is 59.1 Å². The van der Waals surface area contributed by atoms with Crippen LogP contribution in [0.15, 0.2) is 48.8 Å². The monoisotopic (exact) mass is 341 g/mol. The van der Waals surface area contributed by atoms with Crippen LogP contribution in [-0.2, 0) is 11.3 Å². The van der Waals surface area contributed by atoms with Gasteiger partial charge in [0.2, 0.25) is 0 Å². The molecule has 2 aliphatic heterocycles. The topological polar surface area (TPSA) is 45.7 Å². The van der Waals surface area contributed by atoms with Gasteiger partial charge < -0.3 is 9.64 Å². The lowest BCUT2D eigenvalue weighted by Crippen LogP contribution is -2.50. The first kappa shape index (κ1) is 16.2. The van der Waals surface area contributed by atoms with E-state index >= 15 is 0 Å². The maximum atomic E-state index is 13.4. The number of aromatic nitrogens is 1. The number of morpholine rings is 1. The van der Waals surface area contributed by atoms with Crippen LogP contribution >= 0.6 is 0 Å². The Bertz CT molecular complexity index is 755. The molecule has 1 amide bonds. The number of hydrogen-bond donors (Lipinski definition) is 0.